The van der Waals surface area contributed by atoms with Gasteiger partial charge in [-0.2, -0.15) is 0 Å². The number of imidazole rings is 1. The molecule has 0 N–H and O–H groups in total. The lowest BCUT2D eigenvalue weighted by Crippen LogP contribution is -2.01. The van der Waals surface area contributed by atoms with Crippen LogP contribution in [0.2, 0.25) is 0 Å². The highest BCUT2D eigenvalue weighted by Gasteiger charge is 2.20. The highest BCUT2D eigenvalue weighted by Crippen LogP contribution is 2.46. The molecule has 0 atom stereocenters. The molecule has 8 rings (SSSR count). The van der Waals surface area contributed by atoms with Gasteiger partial charge in [-0.05, 0) is 67.4 Å². The molecular formula is C39H28N2. The van der Waals surface area contributed by atoms with E-state index in [1.165, 1.54) is 0 Å². The number of aryl methyl sites for hydroxylation is 1. The first-order valence-corrected chi connectivity index (χ1v) is 13.9. The monoisotopic (exact) mass is 529 g/mol. The Bertz CT molecular complexity index is 2450. The topological polar surface area (TPSA) is 17.8 Å². The zero-order valence-electron chi connectivity index (χ0n) is 27.5. The molecule has 0 spiro atoms. The van der Waals surface area contributed by atoms with Gasteiger partial charge in [0.15, 0.2) is 0 Å². The van der Waals surface area contributed by atoms with Gasteiger partial charge in [0.1, 0.15) is 5.82 Å². The van der Waals surface area contributed by atoms with Crippen molar-refractivity contribution in [2.45, 2.75) is 13.3 Å². The van der Waals surface area contributed by atoms with Gasteiger partial charge in [-0.3, -0.25) is 4.57 Å². The van der Waals surface area contributed by atoms with Crippen LogP contribution in [-0.2, 0) is 6.42 Å². The Morgan fingerprint density at radius 1 is 0.585 bits per heavy atom. The molecule has 0 fully saturated rings. The van der Waals surface area contributed by atoms with E-state index in [1.54, 1.807) is 0 Å². The summed E-state index contributed by atoms with van der Waals surface area (Å²) in [5, 5.41) is 5.74. The quantitative estimate of drug-likeness (QED) is 0.207. The van der Waals surface area contributed by atoms with Crippen LogP contribution in [0.25, 0.3) is 71.3 Å². The van der Waals surface area contributed by atoms with Gasteiger partial charge in [0.25, 0.3) is 0 Å². The third-order valence-corrected chi connectivity index (χ3v) is 8.04. The maximum absolute atomic E-state index is 8.85. The van der Waals surface area contributed by atoms with Crippen LogP contribution in [0.3, 0.4) is 0 Å². The van der Waals surface area contributed by atoms with Crippen LogP contribution in [0.15, 0.2) is 139 Å². The second-order valence-corrected chi connectivity index (χ2v) is 10.2. The molecular weight excluding hydrogens is 496 g/mol. The third kappa shape index (κ3) is 3.61. The standard InChI is InChI=1S/C39H28N2/c1-2-37-40-34-22-12-13-23-36(34)41(37)35-25-24-33(27-16-6-7-17-28(27)35)39-31-20-10-8-18-29(31)38(26-14-4-3-5-15-26)30-19-9-11-21-32(30)39/h3-25H,2H2,1H3/i3D,4D,5D,14D,15D. The molecule has 7 aromatic carbocycles. The summed E-state index contributed by atoms with van der Waals surface area (Å²) >= 11 is 0. The summed E-state index contributed by atoms with van der Waals surface area (Å²) in [6.45, 7) is 2.13. The van der Waals surface area contributed by atoms with Gasteiger partial charge in [0, 0.05) is 11.8 Å². The Morgan fingerprint density at radius 2 is 1.15 bits per heavy atom. The van der Waals surface area contributed by atoms with E-state index >= 15 is 0 Å². The lowest BCUT2D eigenvalue weighted by molar-refractivity contribution is 0.913. The summed E-state index contributed by atoms with van der Waals surface area (Å²) in [6, 6.07) is 35.5. The van der Waals surface area contributed by atoms with Crippen molar-refractivity contribution in [3.05, 3.63) is 145 Å². The fraction of sp³-hybridized carbons (Fsp3) is 0.0513. The molecule has 0 saturated carbocycles. The minimum absolute atomic E-state index is 0.205. The van der Waals surface area contributed by atoms with Crippen LogP contribution >= 0.6 is 0 Å². The smallest absolute Gasteiger partial charge is 0.114 e. The second kappa shape index (κ2) is 9.46. The fourth-order valence-corrected chi connectivity index (χ4v) is 6.34. The molecule has 41 heavy (non-hydrogen) atoms. The predicted molar refractivity (Wildman–Crippen MR) is 174 cm³/mol. The minimum atomic E-state index is -0.396. The van der Waals surface area contributed by atoms with Crippen LogP contribution in [0.5, 0.6) is 0 Å². The van der Waals surface area contributed by atoms with E-state index in [-0.39, 0.29) is 29.7 Å². The Morgan fingerprint density at radius 3 is 1.80 bits per heavy atom. The maximum atomic E-state index is 8.85. The molecule has 0 aliphatic carbocycles. The van der Waals surface area contributed by atoms with Crippen LogP contribution in [0.1, 0.15) is 19.6 Å². The Labute approximate surface area is 246 Å². The fourth-order valence-electron chi connectivity index (χ4n) is 6.34. The normalized spacial score (nSPS) is 13.3. The summed E-state index contributed by atoms with van der Waals surface area (Å²) in [6.07, 6.45) is 0.790. The maximum Gasteiger partial charge on any atom is 0.114 e. The molecule has 0 amide bonds. The Hall–Kier alpha value is -5.21. The van der Waals surface area contributed by atoms with Crippen LogP contribution in [0.4, 0.5) is 0 Å². The van der Waals surface area contributed by atoms with Crippen molar-refractivity contribution >= 4 is 43.4 Å². The van der Waals surface area contributed by atoms with Crippen molar-refractivity contribution in [2.24, 2.45) is 0 Å². The SMILES string of the molecule is [2H]c1c([2H])c([2H])c(-c2c3ccccc3c(-c3ccc(-n4c(CC)nc5ccccc54)c4ccccc34)c3ccccc23)c([2H])c1[2H]. The first-order chi connectivity index (χ1) is 22.4. The highest BCUT2D eigenvalue weighted by atomic mass is 15.1. The average Bonchev–Trinajstić information content (AvgIpc) is 3.48. The average molecular weight is 530 g/mol. The second-order valence-electron chi connectivity index (χ2n) is 10.2. The van der Waals surface area contributed by atoms with Gasteiger partial charge >= 0.3 is 0 Å². The molecule has 2 heteroatoms. The Balaban J connectivity index is 1.50. The molecule has 0 aliphatic rings. The zero-order valence-corrected chi connectivity index (χ0v) is 22.5. The van der Waals surface area contributed by atoms with E-state index in [2.05, 4.69) is 72.2 Å². The largest absolute Gasteiger partial charge is 0.296 e. The number of para-hydroxylation sites is 2. The summed E-state index contributed by atoms with van der Waals surface area (Å²) in [5.74, 6) is 0.998. The molecule has 194 valence electrons. The van der Waals surface area contributed by atoms with E-state index < -0.39 is 6.04 Å². The molecule has 0 unspecified atom stereocenters. The van der Waals surface area contributed by atoms with Crippen molar-refractivity contribution in [2.75, 3.05) is 0 Å². The zero-order chi connectivity index (χ0) is 31.7. The van der Waals surface area contributed by atoms with E-state index in [9.17, 15) is 0 Å². The third-order valence-electron chi connectivity index (χ3n) is 8.04. The van der Waals surface area contributed by atoms with Gasteiger partial charge in [0.2, 0.25) is 0 Å². The number of fused-ring (bicyclic) bond motifs is 4. The number of hydrogen-bond donors (Lipinski definition) is 0. The van der Waals surface area contributed by atoms with Gasteiger partial charge in [-0.1, -0.05) is 128 Å². The summed E-state index contributed by atoms with van der Waals surface area (Å²) < 4.78 is 45.0. The predicted octanol–water partition coefficient (Wildman–Crippen LogP) is 10.4. The van der Waals surface area contributed by atoms with E-state index in [0.29, 0.717) is 5.56 Å². The molecule has 0 aliphatic heterocycles. The van der Waals surface area contributed by atoms with Crippen molar-refractivity contribution in [3.8, 4) is 27.9 Å². The van der Waals surface area contributed by atoms with Crippen molar-refractivity contribution in [3.63, 3.8) is 0 Å². The minimum Gasteiger partial charge on any atom is -0.296 e. The van der Waals surface area contributed by atoms with Gasteiger partial charge in [0.05, 0.1) is 23.6 Å². The van der Waals surface area contributed by atoms with Gasteiger partial charge in [-0.25, -0.2) is 4.98 Å². The van der Waals surface area contributed by atoms with E-state index in [0.717, 1.165) is 72.4 Å². The highest BCUT2D eigenvalue weighted by molar-refractivity contribution is 6.23. The Kier molecular flexibility index (Phi) is 4.38. The molecule has 8 aromatic rings. The van der Waals surface area contributed by atoms with Crippen LogP contribution in [-0.4, -0.2) is 9.55 Å². The van der Waals surface area contributed by atoms with E-state index in [4.69, 9.17) is 11.8 Å². The lowest BCUT2D eigenvalue weighted by Gasteiger charge is -2.20. The van der Waals surface area contributed by atoms with Crippen LogP contribution < -0.4 is 0 Å². The van der Waals surface area contributed by atoms with Gasteiger partial charge < -0.3 is 0 Å². The molecule has 1 aromatic heterocycles. The van der Waals surface area contributed by atoms with Crippen molar-refractivity contribution < 1.29 is 6.85 Å². The van der Waals surface area contributed by atoms with Gasteiger partial charge in [-0.15, -0.1) is 0 Å². The lowest BCUT2D eigenvalue weighted by atomic mass is 9.84. The number of hydrogen-bond acceptors (Lipinski definition) is 1. The molecule has 1 heterocycles. The number of rotatable bonds is 4. The van der Waals surface area contributed by atoms with Crippen molar-refractivity contribution in [1.29, 1.82) is 0 Å². The first-order valence-electron chi connectivity index (χ1n) is 16.4. The number of aromatic nitrogens is 2. The number of nitrogens with zero attached hydrogens (tertiary/aromatic N) is 2. The molecule has 0 bridgehead atoms. The molecule has 0 saturated heterocycles. The number of benzene rings is 7. The van der Waals surface area contributed by atoms with E-state index in [1.807, 2.05) is 48.5 Å². The molecule has 2 nitrogen and oxygen atoms in total. The molecule has 0 radical (unpaired) electrons. The summed E-state index contributed by atoms with van der Waals surface area (Å²) in [4.78, 5) is 4.94. The first kappa shape index (κ1) is 19.0. The summed E-state index contributed by atoms with van der Waals surface area (Å²) in [7, 11) is 0. The van der Waals surface area contributed by atoms with Crippen molar-refractivity contribution in [1.82, 2.24) is 9.55 Å². The summed E-state index contributed by atoms with van der Waals surface area (Å²) in [5.41, 5.74) is 6.05. The van der Waals surface area contributed by atoms with Crippen LogP contribution in [0, 0.1) is 0 Å².